The zero-order chi connectivity index (χ0) is 11.4. The molecule has 0 saturated carbocycles. The quantitative estimate of drug-likeness (QED) is 0.728. The third kappa shape index (κ3) is 2.49. The minimum absolute atomic E-state index is 0.109. The summed E-state index contributed by atoms with van der Waals surface area (Å²) < 4.78 is 0. The molecule has 1 aliphatic heterocycles. The number of pyridine rings is 1. The van der Waals surface area contributed by atoms with Gasteiger partial charge in [-0.3, -0.25) is 4.79 Å². The molecule has 1 amide bonds. The standard InChI is InChI=1S/C11H16N4O/c12-8-9-1-3-13-10(7-9)15-5-2-11(16)14-4-6-15/h1,3,7H,2,4-6,8,12H2,(H,14,16). The number of nitrogens with one attached hydrogen (secondary N) is 1. The number of aromatic nitrogens is 1. The molecule has 16 heavy (non-hydrogen) atoms. The fourth-order valence-electron chi connectivity index (χ4n) is 1.76. The summed E-state index contributed by atoms with van der Waals surface area (Å²) in [6.45, 7) is 2.70. The molecule has 2 rings (SSSR count). The number of carbonyl (C=O) groups excluding carboxylic acids is 1. The van der Waals surface area contributed by atoms with Gasteiger partial charge in [0.15, 0.2) is 0 Å². The van der Waals surface area contributed by atoms with Gasteiger partial charge < -0.3 is 16.0 Å². The Morgan fingerprint density at radius 3 is 3.19 bits per heavy atom. The molecular weight excluding hydrogens is 204 g/mol. The summed E-state index contributed by atoms with van der Waals surface area (Å²) in [5, 5.41) is 2.84. The van der Waals surface area contributed by atoms with Gasteiger partial charge in [-0.25, -0.2) is 4.98 Å². The molecule has 3 N–H and O–H groups in total. The van der Waals surface area contributed by atoms with Crippen LogP contribution in [-0.4, -0.2) is 30.5 Å². The van der Waals surface area contributed by atoms with Crippen molar-refractivity contribution in [1.82, 2.24) is 10.3 Å². The van der Waals surface area contributed by atoms with Crippen molar-refractivity contribution in [1.29, 1.82) is 0 Å². The van der Waals surface area contributed by atoms with Crippen molar-refractivity contribution in [2.45, 2.75) is 13.0 Å². The summed E-state index contributed by atoms with van der Waals surface area (Å²) in [4.78, 5) is 17.6. The smallest absolute Gasteiger partial charge is 0.221 e. The highest BCUT2D eigenvalue weighted by Crippen LogP contribution is 2.13. The van der Waals surface area contributed by atoms with E-state index in [4.69, 9.17) is 5.73 Å². The Morgan fingerprint density at radius 2 is 2.38 bits per heavy atom. The van der Waals surface area contributed by atoms with Crippen molar-refractivity contribution in [2.75, 3.05) is 24.5 Å². The minimum atomic E-state index is 0.109. The van der Waals surface area contributed by atoms with E-state index in [9.17, 15) is 4.79 Å². The largest absolute Gasteiger partial charge is 0.354 e. The highest BCUT2D eigenvalue weighted by Gasteiger charge is 2.14. The van der Waals surface area contributed by atoms with Crippen molar-refractivity contribution in [2.24, 2.45) is 5.73 Å². The monoisotopic (exact) mass is 220 g/mol. The second-order valence-corrected chi connectivity index (χ2v) is 3.81. The highest BCUT2D eigenvalue weighted by atomic mass is 16.1. The summed E-state index contributed by atoms with van der Waals surface area (Å²) in [6, 6.07) is 3.89. The molecule has 5 nitrogen and oxygen atoms in total. The van der Waals surface area contributed by atoms with Gasteiger partial charge in [0.1, 0.15) is 5.82 Å². The lowest BCUT2D eigenvalue weighted by atomic mass is 10.2. The van der Waals surface area contributed by atoms with Gasteiger partial charge in [0.2, 0.25) is 5.91 Å². The molecule has 0 aromatic carbocycles. The number of amides is 1. The molecule has 0 aliphatic carbocycles. The van der Waals surface area contributed by atoms with Crippen LogP contribution in [0.3, 0.4) is 0 Å². The molecule has 1 aromatic rings. The van der Waals surface area contributed by atoms with Crippen LogP contribution < -0.4 is 16.0 Å². The lowest BCUT2D eigenvalue weighted by Crippen LogP contribution is -2.29. The summed E-state index contributed by atoms with van der Waals surface area (Å²) in [5.41, 5.74) is 6.65. The van der Waals surface area contributed by atoms with Crippen LogP contribution in [0, 0.1) is 0 Å². The zero-order valence-electron chi connectivity index (χ0n) is 9.15. The van der Waals surface area contributed by atoms with E-state index in [0.717, 1.165) is 17.9 Å². The van der Waals surface area contributed by atoms with Crippen molar-refractivity contribution >= 4 is 11.7 Å². The van der Waals surface area contributed by atoms with Gasteiger partial charge in [0.25, 0.3) is 0 Å². The van der Waals surface area contributed by atoms with Gasteiger partial charge in [0.05, 0.1) is 0 Å². The van der Waals surface area contributed by atoms with Crippen LogP contribution in [0.5, 0.6) is 0 Å². The third-order valence-electron chi connectivity index (χ3n) is 2.68. The van der Waals surface area contributed by atoms with Crippen LogP contribution in [-0.2, 0) is 11.3 Å². The topological polar surface area (TPSA) is 71.2 Å². The summed E-state index contributed by atoms with van der Waals surface area (Å²) in [5.74, 6) is 1.01. The SMILES string of the molecule is NCc1ccnc(N2CCNC(=O)CC2)c1. The van der Waals surface area contributed by atoms with E-state index in [0.29, 0.717) is 26.1 Å². The van der Waals surface area contributed by atoms with Crippen LogP contribution >= 0.6 is 0 Å². The van der Waals surface area contributed by atoms with Gasteiger partial charge in [-0.2, -0.15) is 0 Å². The number of hydrogen-bond acceptors (Lipinski definition) is 4. The maximum absolute atomic E-state index is 11.2. The number of nitrogens with zero attached hydrogens (tertiary/aromatic N) is 2. The Morgan fingerprint density at radius 1 is 1.50 bits per heavy atom. The van der Waals surface area contributed by atoms with Crippen molar-refractivity contribution in [3.8, 4) is 0 Å². The van der Waals surface area contributed by atoms with E-state index in [2.05, 4.69) is 15.2 Å². The number of rotatable bonds is 2. The molecular formula is C11H16N4O. The Labute approximate surface area is 94.6 Å². The maximum atomic E-state index is 11.2. The van der Waals surface area contributed by atoms with Gasteiger partial charge in [-0.05, 0) is 17.7 Å². The molecule has 0 atom stereocenters. The van der Waals surface area contributed by atoms with E-state index < -0.39 is 0 Å². The maximum Gasteiger partial charge on any atom is 0.221 e. The average molecular weight is 220 g/mol. The predicted octanol–water partition coefficient (Wildman–Crippen LogP) is -0.133. The summed E-state index contributed by atoms with van der Waals surface area (Å²) in [6.07, 6.45) is 2.28. The van der Waals surface area contributed by atoms with Crippen LogP contribution in [0.1, 0.15) is 12.0 Å². The van der Waals surface area contributed by atoms with Crippen molar-refractivity contribution in [3.63, 3.8) is 0 Å². The molecule has 0 spiro atoms. The Kier molecular flexibility index (Phi) is 3.36. The molecule has 0 unspecified atom stereocenters. The normalized spacial score (nSPS) is 16.8. The summed E-state index contributed by atoms with van der Waals surface area (Å²) in [7, 11) is 0. The number of nitrogens with two attached hydrogens (primary N) is 1. The van der Waals surface area contributed by atoms with Gasteiger partial charge in [-0.1, -0.05) is 0 Å². The van der Waals surface area contributed by atoms with E-state index in [-0.39, 0.29) is 5.91 Å². The molecule has 0 radical (unpaired) electrons. The lowest BCUT2D eigenvalue weighted by Gasteiger charge is -2.20. The first kappa shape index (κ1) is 10.9. The Balaban J connectivity index is 2.13. The Hall–Kier alpha value is -1.62. The van der Waals surface area contributed by atoms with E-state index >= 15 is 0 Å². The zero-order valence-corrected chi connectivity index (χ0v) is 9.15. The molecule has 1 aliphatic rings. The molecule has 5 heteroatoms. The first-order chi connectivity index (χ1) is 7.79. The highest BCUT2D eigenvalue weighted by molar-refractivity contribution is 5.77. The fraction of sp³-hybridized carbons (Fsp3) is 0.455. The second kappa shape index (κ2) is 4.94. The van der Waals surface area contributed by atoms with E-state index in [1.54, 1.807) is 6.20 Å². The van der Waals surface area contributed by atoms with E-state index in [1.165, 1.54) is 0 Å². The molecule has 86 valence electrons. The predicted molar refractivity (Wildman–Crippen MR) is 62.0 cm³/mol. The molecule has 1 fully saturated rings. The third-order valence-corrected chi connectivity index (χ3v) is 2.68. The number of hydrogen-bond donors (Lipinski definition) is 2. The summed E-state index contributed by atoms with van der Waals surface area (Å²) >= 11 is 0. The second-order valence-electron chi connectivity index (χ2n) is 3.81. The van der Waals surface area contributed by atoms with Gasteiger partial charge in [0, 0.05) is 38.8 Å². The number of carbonyl (C=O) groups is 1. The van der Waals surface area contributed by atoms with Crippen LogP contribution in [0.25, 0.3) is 0 Å². The van der Waals surface area contributed by atoms with Gasteiger partial charge in [-0.15, -0.1) is 0 Å². The van der Waals surface area contributed by atoms with Crippen molar-refractivity contribution in [3.05, 3.63) is 23.9 Å². The number of anilines is 1. The average Bonchev–Trinajstić information content (AvgIpc) is 2.54. The first-order valence-electron chi connectivity index (χ1n) is 5.46. The Bertz CT molecular complexity index is 380. The van der Waals surface area contributed by atoms with Gasteiger partial charge >= 0.3 is 0 Å². The molecule has 2 heterocycles. The molecule has 0 bridgehead atoms. The van der Waals surface area contributed by atoms with Crippen LogP contribution in [0.15, 0.2) is 18.3 Å². The molecule has 1 saturated heterocycles. The lowest BCUT2D eigenvalue weighted by molar-refractivity contribution is -0.120. The minimum Gasteiger partial charge on any atom is -0.354 e. The van der Waals surface area contributed by atoms with E-state index in [1.807, 2.05) is 12.1 Å². The first-order valence-corrected chi connectivity index (χ1v) is 5.46. The van der Waals surface area contributed by atoms with Crippen LogP contribution in [0.2, 0.25) is 0 Å². The fourth-order valence-corrected chi connectivity index (χ4v) is 1.76. The van der Waals surface area contributed by atoms with Crippen LogP contribution in [0.4, 0.5) is 5.82 Å². The molecule has 1 aromatic heterocycles. The van der Waals surface area contributed by atoms with Crippen molar-refractivity contribution < 1.29 is 4.79 Å².